The summed E-state index contributed by atoms with van der Waals surface area (Å²) in [5.74, 6) is -3.03. The molecule has 1 aliphatic heterocycles. The van der Waals surface area contributed by atoms with E-state index in [1.54, 1.807) is 30.3 Å². The maximum absolute atomic E-state index is 13.8. The zero-order chi connectivity index (χ0) is 18.5. The minimum atomic E-state index is -2.84. The highest BCUT2D eigenvalue weighted by atomic mass is 19.3. The van der Waals surface area contributed by atoms with Crippen LogP contribution in [0.15, 0.2) is 30.3 Å². The van der Waals surface area contributed by atoms with Crippen molar-refractivity contribution in [1.29, 1.82) is 0 Å². The third-order valence-electron chi connectivity index (χ3n) is 6.48. The molecule has 3 fully saturated rings. The number of carbonyl (C=O) groups excluding carboxylic acids is 1. The van der Waals surface area contributed by atoms with Crippen molar-refractivity contribution in [3.8, 4) is 0 Å². The van der Waals surface area contributed by atoms with Gasteiger partial charge in [0.2, 0.25) is 5.92 Å². The number of alkyl halides is 2. The first kappa shape index (κ1) is 17.9. The number of hydrogen-bond acceptors (Lipinski definition) is 4. The van der Waals surface area contributed by atoms with Crippen LogP contribution >= 0.6 is 0 Å². The Hall–Kier alpha value is -1.53. The van der Waals surface area contributed by atoms with Gasteiger partial charge in [-0.3, -0.25) is 0 Å². The Morgan fingerprint density at radius 1 is 1.31 bits per heavy atom. The molecule has 0 radical (unpaired) electrons. The Kier molecular flexibility index (Phi) is 4.31. The van der Waals surface area contributed by atoms with Crippen LogP contribution in [0.1, 0.15) is 24.8 Å². The Balaban J connectivity index is 1.49. The van der Waals surface area contributed by atoms with E-state index in [4.69, 9.17) is 4.74 Å². The smallest absolute Gasteiger partial charge is 0.343 e. The molecular formula is C20H25F2NO3. The lowest BCUT2D eigenvalue weighted by Gasteiger charge is -2.32. The van der Waals surface area contributed by atoms with E-state index in [9.17, 15) is 18.7 Å². The SMILES string of the molecule is CN1CC2C(COC(=O)[C@](O)(c3ccccc3)C3CCC(F)(F)C3)C2C1. The number of aliphatic hydroxyl groups is 1. The van der Waals surface area contributed by atoms with E-state index in [0.717, 1.165) is 13.1 Å². The van der Waals surface area contributed by atoms with Gasteiger partial charge in [0.25, 0.3) is 0 Å². The first-order chi connectivity index (χ1) is 12.3. The van der Waals surface area contributed by atoms with Gasteiger partial charge in [0.1, 0.15) is 0 Å². The molecule has 142 valence electrons. The van der Waals surface area contributed by atoms with Gasteiger partial charge in [-0.05, 0) is 30.9 Å². The van der Waals surface area contributed by atoms with Crippen molar-refractivity contribution in [3.05, 3.63) is 35.9 Å². The molecule has 4 atom stereocenters. The first-order valence-electron chi connectivity index (χ1n) is 9.33. The zero-order valence-corrected chi connectivity index (χ0v) is 14.9. The third-order valence-corrected chi connectivity index (χ3v) is 6.48. The van der Waals surface area contributed by atoms with Crippen LogP contribution in [0.25, 0.3) is 0 Å². The standard InChI is InChI=1S/C20H25F2NO3/c1-23-10-15-16(11-23)17(15)12-26-18(24)20(25,13-5-3-2-4-6-13)14-7-8-19(21,22)9-14/h2-6,14-17,25H,7-12H2,1H3/t14?,15?,16?,17?,20-/m0/s1. The summed E-state index contributed by atoms with van der Waals surface area (Å²) in [6.45, 7) is 2.27. The van der Waals surface area contributed by atoms with E-state index in [-0.39, 0.29) is 19.4 Å². The molecule has 2 aliphatic carbocycles. The average molecular weight is 365 g/mol. The summed E-state index contributed by atoms with van der Waals surface area (Å²) < 4.78 is 33.0. The lowest BCUT2D eigenvalue weighted by Crippen LogP contribution is -2.44. The van der Waals surface area contributed by atoms with E-state index < -0.39 is 29.8 Å². The maximum Gasteiger partial charge on any atom is 0.343 e. The van der Waals surface area contributed by atoms with E-state index in [2.05, 4.69) is 11.9 Å². The molecule has 4 rings (SSSR count). The highest BCUT2D eigenvalue weighted by Crippen LogP contribution is 2.52. The van der Waals surface area contributed by atoms with E-state index in [1.165, 1.54) is 0 Å². The van der Waals surface area contributed by atoms with Crippen molar-refractivity contribution >= 4 is 5.97 Å². The molecule has 1 N–H and O–H groups in total. The molecular weight excluding hydrogens is 340 g/mol. The van der Waals surface area contributed by atoms with Crippen LogP contribution in [0.2, 0.25) is 0 Å². The normalized spacial score (nSPS) is 34.9. The summed E-state index contributed by atoms with van der Waals surface area (Å²) in [5.41, 5.74) is -1.68. The van der Waals surface area contributed by atoms with Gasteiger partial charge in [0.15, 0.2) is 5.60 Å². The topological polar surface area (TPSA) is 49.8 Å². The molecule has 6 heteroatoms. The highest BCUT2D eigenvalue weighted by Gasteiger charge is 2.57. The van der Waals surface area contributed by atoms with Crippen molar-refractivity contribution in [2.45, 2.75) is 30.8 Å². The van der Waals surface area contributed by atoms with Crippen LogP contribution in [0.5, 0.6) is 0 Å². The molecule has 1 aromatic carbocycles. The van der Waals surface area contributed by atoms with E-state index >= 15 is 0 Å². The van der Waals surface area contributed by atoms with Crippen LogP contribution in [-0.4, -0.2) is 48.6 Å². The van der Waals surface area contributed by atoms with Gasteiger partial charge in [-0.25, -0.2) is 13.6 Å². The van der Waals surface area contributed by atoms with Crippen LogP contribution in [0.4, 0.5) is 8.78 Å². The number of halogens is 2. The largest absolute Gasteiger partial charge is 0.463 e. The Bertz CT molecular complexity index is 671. The number of carbonyl (C=O) groups is 1. The Morgan fingerprint density at radius 2 is 1.96 bits per heavy atom. The van der Waals surface area contributed by atoms with Crippen LogP contribution in [-0.2, 0) is 15.1 Å². The summed E-state index contributed by atoms with van der Waals surface area (Å²) >= 11 is 0. The molecule has 0 amide bonds. The van der Waals surface area contributed by atoms with Gasteiger partial charge in [-0.15, -0.1) is 0 Å². The van der Waals surface area contributed by atoms with Crippen molar-refractivity contribution in [2.75, 3.05) is 26.7 Å². The summed E-state index contributed by atoms with van der Waals surface area (Å²) in [6.07, 6.45) is -0.695. The van der Waals surface area contributed by atoms with Gasteiger partial charge in [0, 0.05) is 37.8 Å². The average Bonchev–Trinajstić information content (AvgIpc) is 2.93. The van der Waals surface area contributed by atoms with Crippen molar-refractivity contribution in [2.24, 2.45) is 23.7 Å². The predicted octanol–water partition coefficient (Wildman–Crippen LogP) is 2.66. The van der Waals surface area contributed by atoms with Crippen LogP contribution < -0.4 is 0 Å². The summed E-state index contributed by atoms with van der Waals surface area (Å²) in [6, 6.07) is 8.38. The molecule has 3 aliphatic rings. The molecule has 4 nitrogen and oxygen atoms in total. The number of esters is 1. The van der Waals surface area contributed by atoms with Gasteiger partial charge < -0.3 is 14.7 Å². The fraction of sp³-hybridized carbons (Fsp3) is 0.650. The minimum absolute atomic E-state index is 0.104. The van der Waals surface area contributed by atoms with E-state index in [1.807, 2.05) is 0 Å². The number of nitrogens with zero attached hydrogens (tertiary/aromatic N) is 1. The first-order valence-corrected chi connectivity index (χ1v) is 9.33. The number of benzene rings is 1. The molecule has 0 bridgehead atoms. The number of ether oxygens (including phenoxy) is 1. The molecule has 2 saturated carbocycles. The monoisotopic (exact) mass is 365 g/mol. The number of piperidine rings is 1. The molecule has 26 heavy (non-hydrogen) atoms. The molecule has 0 aromatic heterocycles. The minimum Gasteiger partial charge on any atom is -0.463 e. The van der Waals surface area contributed by atoms with Crippen LogP contribution in [0.3, 0.4) is 0 Å². The molecule has 0 spiro atoms. The fourth-order valence-electron chi connectivity index (χ4n) is 4.91. The second-order valence-electron chi connectivity index (χ2n) is 8.24. The zero-order valence-electron chi connectivity index (χ0n) is 14.9. The second kappa shape index (κ2) is 6.27. The van der Waals surface area contributed by atoms with Gasteiger partial charge >= 0.3 is 5.97 Å². The summed E-state index contributed by atoms with van der Waals surface area (Å²) in [4.78, 5) is 15.1. The maximum atomic E-state index is 13.8. The molecule has 1 heterocycles. The van der Waals surface area contributed by atoms with Gasteiger partial charge in [-0.1, -0.05) is 30.3 Å². The van der Waals surface area contributed by atoms with Crippen molar-refractivity contribution < 1.29 is 23.4 Å². The summed E-state index contributed by atoms with van der Waals surface area (Å²) in [5, 5.41) is 11.2. The van der Waals surface area contributed by atoms with Crippen molar-refractivity contribution in [3.63, 3.8) is 0 Å². The number of rotatable bonds is 5. The quantitative estimate of drug-likeness (QED) is 0.815. The van der Waals surface area contributed by atoms with Crippen LogP contribution in [0, 0.1) is 23.7 Å². The Morgan fingerprint density at radius 3 is 2.54 bits per heavy atom. The lowest BCUT2D eigenvalue weighted by molar-refractivity contribution is -0.175. The molecule has 3 unspecified atom stereocenters. The molecule has 1 saturated heterocycles. The highest BCUT2D eigenvalue weighted by molar-refractivity contribution is 5.81. The third kappa shape index (κ3) is 3.03. The lowest BCUT2D eigenvalue weighted by atomic mass is 9.80. The number of hydrogen-bond donors (Lipinski definition) is 1. The molecule has 1 aromatic rings. The van der Waals surface area contributed by atoms with E-state index in [0.29, 0.717) is 23.3 Å². The van der Waals surface area contributed by atoms with Gasteiger partial charge in [-0.2, -0.15) is 0 Å². The second-order valence-corrected chi connectivity index (χ2v) is 8.24. The number of fused-ring (bicyclic) bond motifs is 1. The van der Waals surface area contributed by atoms with Gasteiger partial charge in [0.05, 0.1) is 6.61 Å². The predicted molar refractivity (Wildman–Crippen MR) is 91.6 cm³/mol. The number of likely N-dealkylation sites (tertiary alicyclic amines) is 1. The summed E-state index contributed by atoms with van der Waals surface area (Å²) in [7, 11) is 2.07. The fourth-order valence-corrected chi connectivity index (χ4v) is 4.91. The Labute approximate surface area is 152 Å². The van der Waals surface area contributed by atoms with Crippen molar-refractivity contribution in [1.82, 2.24) is 4.90 Å².